The average Bonchev–Trinajstić information content (AvgIpc) is 2.47. The fraction of sp³-hybridized carbons (Fsp3) is 0.294. The molecule has 1 unspecified atom stereocenters. The Hall–Kier alpha value is -2.16. The molecule has 106 valence electrons. The lowest BCUT2D eigenvalue weighted by molar-refractivity contribution is 0.404. The minimum absolute atomic E-state index is 0.191. The van der Waals surface area contributed by atoms with Crippen LogP contribution in [0.25, 0.3) is 0 Å². The van der Waals surface area contributed by atoms with Crippen molar-refractivity contribution in [1.82, 2.24) is 0 Å². The molecule has 3 nitrogen and oxygen atoms in total. The molecule has 2 rings (SSSR count). The maximum Gasteiger partial charge on any atom is 0.142 e. The molecule has 0 aromatic heterocycles. The van der Waals surface area contributed by atoms with Gasteiger partial charge in [-0.15, -0.1) is 0 Å². The Labute approximate surface area is 120 Å². The van der Waals surface area contributed by atoms with E-state index in [-0.39, 0.29) is 6.04 Å². The third kappa shape index (κ3) is 3.23. The van der Waals surface area contributed by atoms with Gasteiger partial charge in [0.2, 0.25) is 0 Å². The van der Waals surface area contributed by atoms with Gasteiger partial charge in [-0.05, 0) is 31.5 Å². The lowest BCUT2D eigenvalue weighted by Crippen LogP contribution is -2.07. The second kappa shape index (κ2) is 6.33. The number of aryl methyl sites for hydroxylation is 1. The van der Waals surface area contributed by atoms with E-state index in [0.29, 0.717) is 0 Å². The van der Waals surface area contributed by atoms with Gasteiger partial charge in [0.1, 0.15) is 11.5 Å². The van der Waals surface area contributed by atoms with Crippen molar-refractivity contribution in [2.75, 3.05) is 19.5 Å². The smallest absolute Gasteiger partial charge is 0.142 e. The van der Waals surface area contributed by atoms with Crippen LogP contribution in [-0.4, -0.2) is 14.2 Å². The van der Waals surface area contributed by atoms with E-state index < -0.39 is 0 Å². The van der Waals surface area contributed by atoms with Gasteiger partial charge in [0, 0.05) is 12.1 Å². The monoisotopic (exact) mass is 271 g/mol. The number of hydrogen-bond acceptors (Lipinski definition) is 3. The fourth-order valence-corrected chi connectivity index (χ4v) is 2.10. The molecule has 20 heavy (non-hydrogen) atoms. The lowest BCUT2D eigenvalue weighted by Gasteiger charge is -2.18. The van der Waals surface area contributed by atoms with Crippen molar-refractivity contribution in [2.45, 2.75) is 19.9 Å². The molecule has 0 radical (unpaired) electrons. The predicted octanol–water partition coefficient (Wildman–Crippen LogP) is 4.19. The van der Waals surface area contributed by atoms with E-state index in [1.165, 1.54) is 11.1 Å². The van der Waals surface area contributed by atoms with E-state index in [0.717, 1.165) is 17.2 Å². The number of methoxy groups -OCH3 is 2. The topological polar surface area (TPSA) is 30.5 Å². The van der Waals surface area contributed by atoms with Crippen molar-refractivity contribution < 1.29 is 9.47 Å². The van der Waals surface area contributed by atoms with Crippen molar-refractivity contribution in [3.05, 3.63) is 53.6 Å². The second-order valence-electron chi connectivity index (χ2n) is 4.84. The largest absolute Gasteiger partial charge is 0.497 e. The van der Waals surface area contributed by atoms with Crippen LogP contribution < -0.4 is 14.8 Å². The van der Waals surface area contributed by atoms with Crippen LogP contribution in [-0.2, 0) is 0 Å². The Morgan fingerprint density at radius 2 is 1.65 bits per heavy atom. The summed E-state index contributed by atoms with van der Waals surface area (Å²) in [7, 11) is 3.33. The predicted molar refractivity (Wildman–Crippen MR) is 82.8 cm³/mol. The third-order valence-electron chi connectivity index (χ3n) is 3.36. The summed E-state index contributed by atoms with van der Waals surface area (Å²) >= 11 is 0. The Morgan fingerprint density at radius 1 is 0.950 bits per heavy atom. The molecule has 0 bridgehead atoms. The maximum absolute atomic E-state index is 5.38. The molecule has 1 atom stereocenters. The summed E-state index contributed by atoms with van der Waals surface area (Å²) < 4.78 is 10.6. The molecule has 3 heteroatoms. The van der Waals surface area contributed by atoms with E-state index >= 15 is 0 Å². The van der Waals surface area contributed by atoms with Crippen LogP contribution in [0.4, 0.5) is 5.69 Å². The number of ether oxygens (including phenoxy) is 2. The van der Waals surface area contributed by atoms with Crippen LogP contribution >= 0.6 is 0 Å². The first-order valence-corrected chi connectivity index (χ1v) is 6.69. The summed E-state index contributed by atoms with van der Waals surface area (Å²) in [5.74, 6) is 1.62. The summed E-state index contributed by atoms with van der Waals surface area (Å²) in [6, 6.07) is 14.5. The average molecular weight is 271 g/mol. The van der Waals surface area contributed by atoms with Gasteiger partial charge in [0.25, 0.3) is 0 Å². The van der Waals surface area contributed by atoms with E-state index in [9.17, 15) is 0 Å². The molecule has 1 N–H and O–H groups in total. The molecule has 2 aromatic rings. The summed E-state index contributed by atoms with van der Waals surface area (Å²) in [4.78, 5) is 0. The number of nitrogens with one attached hydrogen (secondary N) is 1. The molecule has 0 saturated heterocycles. The second-order valence-corrected chi connectivity index (χ2v) is 4.84. The van der Waals surface area contributed by atoms with Gasteiger partial charge in [-0.1, -0.05) is 29.8 Å². The van der Waals surface area contributed by atoms with Gasteiger partial charge in [-0.3, -0.25) is 0 Å². The SMILES string of the molecule is COc1ccc(OC)c(NC(C)c2ccc(C)cc2)c1. The van der Waals surface area contributed by atoms with Gasteiger partial charge in [-0.2, -0.15) is 0 Å². The Bertz CT molecular complexity index is 564. The van der Waals surface area contributed by atoms with Crippen molar-refractivity contribution in [3.8, 4) is 11.5 Å². The Morgan fingerprint density at radius 3 is 2.25 bits per heavy atom. The molecule has 0 fully saturated rings. The minimum Gasteiger partial charge on any atom is -0.497 e. The van der Waals surface area contributed by atoms with E-state index in [1.54, 1.807) is 14.2 Å². The summed E-state index contributed by atoms with van der Waals surface area (Å²) in [6.45, 7) is 4.22. The first-order valence-electron chi connectivity index (χ1n) is 6.69. The molecule has 0 amide bonds. The van der Waals surface area contributed by atoms with Crippen LogP contribution in [0, 0.1) is 6.92 Å². The first kappa shape index (κ1) is 14.3. The standard InChI is InChI=1S/C17H21NO2/c1-12-5-7-14(8-6-12)13(2)18-16-11-15(19-3)9-10-17(16)20-4/h5-11,13,18H,1-4H3. The van der Waals surface area contributed by atoms with E-state index in [4.69, 9.17) is 9.47 Å². The van der Waals surface area contributed by atoms with Crippen LogP contribution in [0.3, 0.4) is 0 Å². The molecular formula is C17H21NO2. The van der Waals surface area contributed by atoms with Crippen molar-refractivity contribution >= 4 is 5.69 Å². The molecule has 0 aliphatic rings. The molecule has 2 aromatic carbocycles. The van der Waals surface area contributed by atoms with Gasteiger partial charge < -0.3 is 14.8 Å². The highest BCUT2D eigenvalue weighted by molar-refractivity contribution is 5.60. The summed E-state index contributed by atoms with van der Waals surface area (Å²) in [5.41, 5.74) is 3.43. The molecule has 0 saturated carbocycles. The number of hydrogen-bond donors (Lipinski definition) is 1. The fourth-order valence-electron chi connectivity index (χ4n) is 2.10. The van der Waals surface area contributed by atoms with Crippen LogP contribution in [0.2, 0.25) is 0 Å². The highest BCUT2D eigenvalue weighted by Crippen LogP contribution is 2.31. The van der Waals surface area contributed by atoms with Gasteiger partial charge in [0.15, 0.2) is 0 Å². The molecule has 0 spiro atoms. The quantitative estimate of drug-likeness (QED) is 0.884. The normalized spacial score (nSPS) is 11.8. The Balaban J connectivity index is 2.21. The van der Waals surface area contributed by atoms with Crippen LogP contribution in [0.15, 0.2) is 42.5 Å². The molecular weight excluding hydrogens is 250 g/mol. The van der Waals surface area contributed by atoms with Crippen LogP contribution in [0.5, 0.6) is 11.5 Å². The first-order chi connectivity index (χ1) is 9.63. The number of benzene rings is 2. The van der Waals surface area contributed by atoms with Gasteiger partial charge in [-0.25, -0.2) is 0 Å². The van der Waals surface area contributed by atoms with Crippen molar-refractivity contribution in [3.63, 3.8) is 0 Å². The van der Waals surface area contributed by atoms with Gasteiger partial charge >= 0.3 is 0 Å². The number of rotatable bonds is 5. The van der Waals surface area contributed by atoms with Gasteiger partial charge in [0.05, 0.1) is 19.9 Å². The van der Waals surface area contributed by atoms with Crippen molar-refractivity contribution in [1.29, 1.82) is 0 Å². The van der Waals surface area contributed by atoms with E-state index in [2.05, 4.69) is 43.4 Å². The minimum atomic E-state index is 0.191. The highest BCUT2D eigenvalue weighted by Gasteiger charge is 2.10. The zero-order chi connectivity index (χ0) is 14.5. The molecule has 0 aliphatic carbocycles. The summed E-state index contributed by atoms with van der Waals surface area (Å²) in [5, 5.41) is 3.47. The summed E-state index contributed by atoms with van der Waals surface area (Å²) in [6.07, 6.45) is 0. The Kier molecular flexibility index (Phi) is 4.51. The third-order valence-corrected chi connectivity index (χ3v) is 3.36. The lowest BCUT2D eigenvalue weighted by atomic mass is 10.1. The highest BCUT2D eigenvalue weighted by atomic mass is 16.5. The maximum atomic E-state index is 5.38. The van der Waals surface area contributed by atoms with E-state index in [1.807, 2.05) is 18.2 Å². The zero-order valence-corrected chi connectivity index (χ0v) is 12.4. The van der Waals surface area contributed by atoms with Crippen LogP contribution in [0.1, 0.15) is 24.1 Å². The van der Waals surface area contributed by atoms with Crippen molar-refractivity contribution in [2.24, 2.45) is 0 Å². The zero-order valence-electron chi connectivity index (χ0n) is 12.4. The number of anilines is 1. The molecule has 0 aliphatic heterocycles. The molecule has 0 heterocycles.